The Morgan fingerprint density at radius 2 is 1.30 bits per heavy atom. The van der Waals surface area contributed by atoms with Crippen LogP contribution in [-0.4, -0.2) is 104 Å². The molecule has 384 valence electrons. The number of methoxy groups -OCH3 is 2. The third kappa shape index (κ3) is 18.9. The van der Waals surface area contributed by atoms with E-state index in [1.807, 2.05) is 40.7 Å². The lowest BCUT2D eigenvalue weighted by Gasteiger charge is -2.52. The average molecular weight is 951 g/mol. The number of carbonyl (C=O) groups excluding carboxylic acids is 6. The third-order valence-corrected chi connectivity index (χ3v) is 13.6. The Bertz CT molecular complexity index is 1670. The van der Waals surface area contributed by atoms with E-state index in [1.54, 1.807) is 40.7 Å². The zero-order valence-corrected chi connectivity index (χ0v) is 43.4. The highest BCUT2D eigenvalue weighted by Gasteiger charge is 2.52. The summed E-state index contributed by atoms with van der Waals surface area (Å²) in [5.41, 5.74) is 1.06. The Hall–Kier alpha value is -3.82. The second kappa shape index (κ2) is 28.6. The molecule has 0 aromatic rings. The van der Waals surface area contributed by atoms with Gasteiger partial charge >= 0.3 is 35.8 Å². The van der Waals surface area contributed by atoms with Gasteiger partial charge in [-0.3, -0.25) is 24.0 Å². The van der Waals surface area contributed by atoms with Gasteiger partial charge in [-0.25, -0.2) is 4.79 Å². The largest absolute Gasteiger partial charge is 0.469 e. The summed E-state index contributed by atoms with van der Waals surface area (Å²) in [7, 11) is 2.65. The maximum absolute atomic E-state index is 13.8. The van der Waals surface area contributed by atoms with Gasteiger partial charge < -0.3 is 43.0 Å². The SMILES string of the molecule is CCC(=O)OC(CC=C(C)C(=O)OC)C(C)C(OC(C)=O)C(CC(C)C(OC(=O)C(C)CC)C1CC(C)CC2(CC(C)CC(C(O)C(C)=CCCC(C)CC(=O)OC)O2)O1)OC(=O)C(C)CC. The highest BCUT2D eigenvalue weighted by atomic mass is 16.7. The quantitative estimate of drug-likeness (QED) is 0.0373. The van der Waals surface area contributed by atoms with Gasteiger partial charge in [0.05, 0.1) is 38.3 Å². The van der Waals surface area contributed by atoms with Gasteiger partial charge in [0.1, 0.15) is 30.5 Å². The Balaban J connectivity index is 2.64. The van der Waals surface area contributed by atoms with E-state index in [9.17, 15) is 33.9 Å². The molecule has 0 aliphatic carbocycles. The van der Waals surface area contributed by atoms with Crippen molar-refractivity contribution in [3.8, 4) is 0 Å². The summed E-state index contributed by atoms with van der Waals surface area (Å²) in [4.78, 5) is 77.4. The number of aliphatic hydroxyl groups excluding tert-OH is 1. The number of esters is 6. The smallest absolute Gasteiger partial charge is 0.333 e. The molecule has 0 bridgehead atoms. The van der Waals surface area contributed by atoms with Crippen LogP contribution in [0.5, 0.6) is 0 Å². The van der Waals surface area contributed by atoms with Crippen LogP contribution < -0.4 is 0 Å². The number of ether oxygens (including phenoxy) is 8. The maximum Gasteiger partial charge on any atom is 0.333 e. The van der Waals surface area contributed by atoms with Crippen LogP contribution in [0.15, 0.2) is 23.3 Å². The Labute approximate surface area is 401 Å². The Kier molecular flexibility index (Phi) is 25.3. The summed E-state index contributed by atoms with van der Waals surface area (Å²) in [6.07, 6.45) is 2.55. The first-order valence-corrected chi connectivity index (χ1v) is 24.7. The lowest BCUT2D eigenvalue weighted by atomic mass is 9.78. The van der Waals surface area contributed by atoms with Crippen molar-refractivity contribution >= 4 is 35.8 Å². The predicted molar refractivity (Wildman–Crippen MR) is 252 cm³/mol. The van der Waals surface area contributed by atoms with E-state index in [2.05, 4.69) is 13.8 Å². The van der Waals surface area contributed by atoms with Crippen LogP contribution in [0.4, 0.5) is 0 Å². The van der Waals surface area contributed by atoms with Gasteiger partial charge in [-0.15, -0.1) is 0 Å². The topological polar surface area (TPSA) is 196 Å². The first-order chi connectivity index (χ1) is 31.4. The minimum atomic E-state index is -1.14. The fourth-order valence-corrected chi connectivity index (χ4v) is 9.09. The predicted octanol–water partition coefficient (Wildman–Crippen LogP) is 8.94. The number of allylic oxidation sites excluding steroid dienone is 1. The summed E-state index contributed by atoms with van der Waals surface area (Å²) in [6, 6.07) is 0. The molecule has 0 aromatic heterocycles. The van der Waals surface area contributed by atoms with Crippen LogP contribution in [0.3, 0.4) is 0 Å². The summed E-state index contributed by atoms with van der Waals surface area (Å²) < 4.78 is 48.3. The Morgan fingerprint density at radius 1 is 0.731 bits per heavy atom. The van der Waals surface area contributed by atoms with E-state index in [0.29, 0.717) is 51.4 Å². The van der Waals surface area contributed by atoms with Crippen molar-refractivity contribution in [1.29, 1.82) is 0 Å². The first kappa shape index (κ1) is 59.3. The second-order valence-electron chi connectivity index (χ2n) is 19.8. The standard InChI is InChI=1S/C52H86O15/c1-16-33(7)50(58)64-42(48(62-39(13)53)38(12)40(63-44(54)18-3)23-22-36(10)49(57)61-15)27-37(11)47(65-51(59)34(8)17-2)43-25-32(6)29-52(67-43)28-31(5)24-41(66-52)46(56)35(9)21-19-20-30(4)26-45(55)60-14/h21-22,30-34,37-38,40-43,46-48,56H,16-20,23-29H2,1-15H3. The summed E-state index contributed by atoms with van der Waals surface area (Å²) in [5, 5.41) is 11.7. The van der Waals surface area contributed by atoms with E-state index in [4.69, 9.17) is 37.9 Å². The fourth-order valence-electron chi connectivity index (χ4n) is 9.09. The van der Waals surface area contributed by atoms with Crippen LogP contribution in [0.2, 0.25) is 0 Å². The van der Waals surface area contributed by atoms with Gasteiger partial charge in [-0.2, -0.15) is 0 Å². The molecule has 0 radical (unpaired) electrons. The zero-order valence-electron chi connectivity index (χ0n) is 43.4. The molecule has 1 N–H and O–H groups in total. The molecule has 2 aliphatic heterocycles. The van der Waals surface area contributed by atoms with Crippen LogP contribution in [0.1, 0.15) is 167 Å². The molecule has 15 heteroatoms. The molecule has 2 saturated heterocycles. The van der Waals surface area contributed by atoms with Gasteiger partial charge in [-0.05, 0) is 88.0 Å². The minimum Gasteiger partial charge on any atom is -0.469 e. The van der Waals surface area contributed by atoms with E-state index in [0.717, 1.165) is 12.0 Å². The van der Waals surface area contributed by atoms with Crippen LogP contribution in [-0.2, 0) is 66.7 Å². The summed E-state index contributed by atoms with van der Waals surface area (Å²) in [6.45, 7) is 23.5. The van der Waals surface area contributed by atoms with Gasteiger partial charge in [0, 0.05) is 50.5 Å². The molecule has 0 aromatic carbocycles. The van der Waals surface area contributed by atoms with Crippen LogP contribution in [0, 0.1) is 41.4 Å². The number of rotatable bonds is 26. The van der Waals surface area contributed by atoms with E-state index in [-0.39, 0.29) is 48.6 Å². The maximum atomic E-state index is 13.8. The molecule has 1 spiro atoms. The fraction of sp³-hybridized carbons (Fsp3) is 0.808. The lowest BCUT2D eigenvalue weighted by Crippen LogP contribution is -2.57. The van der Waals surface area contributed by atoms with Gasteiger partial charge in [0.15, 0.2) is 5.79 Å². The molecule has 2 heterocycles. The molecule has 0 saturated carbocycles. The van der Waals surface area contributed by atoms with Crippen molar-refractivity contribution in [3.63, 3.8) is 0 Å². The van der Waals surface area contributed by atoms with Gasteiger partial charge in [0.25, 0.3) is 0 Å². The van der Waals surface area contributed by atoms with Crippen molar-refractivity contribution in [2.45, 2.75) is 216 Å². The molecule has 2 aliphatic rings. The first-order valence-electron chi connectivity index (χ1n) is 24.7. The molecular weight excluding hydrogens is 865 g/mol. The molecule has 67 heavy (non-hydrogen) atoms. The van der Waals surface area contributed by atoms with Crippen molar-refractivity contribution in [2.24, 2.45) is 41.4 Å². The number of aliphatic hydroxyl groups is 1. The highest BCUT2D eigenvalue weighted by Crippen LogP contribution is 2.46. The highest BCUT2D eigenvalue weighted by molar-refractivity contribution is 5.87. The van der Waals surface area contributed by atoms with E-state index in [1.165, 1.54) is 21.1 Å². The zero-order chi connectivity index (χ0) is 50.8. The normalized spacial score (nSPS) is 25.7. The minimum absolute atomic E-state index is 0.0511. The van der Waals surface area contributed by atoms with Gasteiger partial charge in [0.2, 0.25) is 0 Å². The molecule has 15 atom stereocenters. The number of carbonyl (C=O) groups is 6. The van der Waals surface area contributed by atoms with Crippen LogP contribution >= 0.6 is 0 Å². The summed E-state index contributed by atoms with van der Waals surface area (Å²) >= 11 is 0. The van der Waals surface area contributed by atoms with Crippen molar-refractivity contribution in [3.05, 3.63) is 23.3 Å². The monoisotopic (exact) mass is 951 g/mol. The molecular formula is C52H86O15. The van der Waals surface area contributed by atoms with Gasteiger partial charge in [-0.1, -0.05) is 81.4 Å². The number of hydrogen-bond acceptors (Lipinski definition) is 15. The third-order valence-electron chi connectivity index (χ3n) is 13.6. The number of hydrogen-bond donors (Lipinski definition) is 1. The molecule has 2 fully saturated rings. The lowest BCUT2D eigenvalue weighted by molar-refractivity contribution is -0.347. The Morgan fingerprint density at radius 3 is 1.84 bits per heavy atom. The van der Waals surface area contributed by atoms with Crippen LogP contribution in [0.25, 0.3) is 0 Å². The second-order valence-corrected chi connectivity index (χ2v) is 19.8. The van der Waals surface area contributed by atoms with E-state index >= 15 is 0 Å². The van der Waals surface area contributed by atoms with Crippen molar-refractivity contribution < 1.29 is 71.8 Å². The van der Waals surface area contributed by atoms with E-state index < -0.39 is 102 Å². The van der Waals surface area contributed by atoms with Crippen molar-refractivity contribution in [2.75, 3.05) is 14.2 Å². The molecule has 15 nitrogen and oxygen atoms in total. The average Bonchev–Trinajstić information content (AvgIpc) is 3.28. The van der Waals surface area contributed by atoms with Crippen molar-refractivity contribution in [1.82, 2.24) is 0 Å². The molecule has 15 unspecified atom stereocenters. The molecule has 2 rings (SSSR count). The summed E-state index contributed by atoms with van der Waals surface area (Å²) in [5.74, 6) is -5.99. The molecule has 0 amide bonds.